The lowest BCUT2D eigenvalue weighted by Crippen LogP contribution is -2.58. The fourth-order valence-electron chi connectivity index (χ4n) is 2.75. The molecule has 112 valence electrons. The van der Waals surface area contributed by atoms with Crippen molar-refractivity contribution in [2.24, 2.45) is 0 Å². The van der Waals surface area contributed by atoms with Crippen molar-refractivity contribution in [2.45, 2.75) is 72.4 Å². The minimum Gasteiger partial charge on any atom is -0.432 e. The van der Waals surface area contributed by atoms with Crippen molar-refractivity contribution >= 4 is 22.9 Å². The van der Waals surface area contributed by atoms with Crippen LogP contribution in [-0.4, -0.2) is 27.2 Å². The molecule has 0 amide bonds. The number of ether oxygens (including phenoxy) is 1. The molecule has 0 aliphatic heterocycles. The number of nitrogens with zero attached hydrogens (tertiary/aromatic N) is 1. The molecule has 3 nitrogen and oxygen atoms in total. The Kier molecular flexibility index (Phi) is 7.07. The molecule has 0 saturated carbocycles. The number of carbonyl (C=O) groups excluding carboxylic acids is 1. The number of allylic oxidation sites excluding steroid dienone is 2. The first kappa shape index (κ1) is 18.4. The zero-order valence-electron chi connectivity index (χ0n) is 14.0. The fraction of sp³-hybridized carbons (Fsp3) is 0.786. The Morgan fingerprint density at radius 1 is 1.11 bits per heavy atom. The van der Waals surface area contributed by atoms with E-state index in [0.717, 1.165) is 25.0 Å². The van der Waals surface area contributed by atoms with Gasteiger partial charge in [-0.2, -0.15) is 0 Å². The van der Waals surface area contributed by atoms with Crippen LogP contribution in [0.2, 0.25) is 39.3 Å². The van der Waals surface area contributed by atoms with E-state index in [2.05, 4.69) is 50.4 Å². The lowest BCUT2D eigenvalue weighted by atomic mass is 10.2. The second kappa shape index (κ2) is 7.29. The van der Waals surface area contributed by atoms with E-state index in [1.54, 1.807) is 0 Å². The van der Waals surface area contributed by atoms with E-state index in [0.29, 0.717) is 6.47 Å². The third-order valence-corrected chi connectivity index (χ3v) is 10.3. The normalized spacial score (nSPS) is 13.9. The molecule has 0 heterocycles. The van der Waals surface area contributed by atoms with E-state index in [4.69, 9.17) is 4.74 Å². The summed E-state index contributed by atoms with van der Waals surface area (Å²) in [4.78, 5) is 10.7. The summed E-state index contributed by atoms with van der Waals surface area (Å²) in [5.41, 5.74) is 1.26. The standard InChI is InChI=1S/C14H31NO2Si2/c1-9-10-11-14(13(2)17-12-16)15(18(3,4)5)19(6,7)8/h12H,9-11H2,1-8H3/b14-13-. The van der Waals surface area contributed by atoms with Crippen LogP contribution in [0.1, 0.15) is 33.1 Å². The molecule has 0 N–H and O–H groups in total. The number of hydrogen-bond acceptors (Lipinski definition) is 3. The third-order valence-electron chi connectivity index (χ3n) is 3.01. The third kappa shape index (κ3) is 5.95. The highest BCUT2D eigenvalue weighted by Gasteiger charge is 2.36. The molecule has 0 spiro atoms. The summed E-state index contributed by atoms with van der Waals surface area (Å²) in [5, 5.41) is 0. The molecule has 0 atom stereocenters. The largest absolute Gasteiger partial charge is 0.432 e. The van der Waals surface area contributed by atoms with Crippen LogP contribution in [0.15, 0.2) is 11.5 Å². The van der Waals surface area contributed by atoms with Gasteiger partial charge in [0.1, 0.15) is 22.2 Å². The Hall–Kier alpha value is -0.556. The summed E-state index contributed by atoms with van der Waals surface area (Å²) in [6.45, 7) is 18.9. The van der Waals surface area contributed by atoms with Gasteiger partial charge < -0.3 is 8.97 Å². The first-order chi connectivity index (χ1) is 8.55. The minimum absolute atomic E-state index is 0.549. The quantitative estimate of drug-likeness (QED) is 0.374. The van der Waals surface area contributed by atoms with Crippen molar-refractivity contribution in [1.82, 2.24) is 4.23 Å². The lowest BCUT2D eigenvalue weighted by Gasteiger charge is -2.47. The van der Waals surface area contributed by atoms with Crippen LogP contribution >= 0.6 is 0 Å². The summed E-state index contributed by atoms with van der Waals surface area (Å²) in [6.07, 6.45) is 3.30. The monoisotopic (exact) mass is 301 g/mol. The van der Waals surface area contributed by atoms with Crippen LogP contribution in [0.4, 0.5) is 0 Å². The summed E-state index contributed by atoms with van der Waals surface area (Å²) < 4.78 is 7.82. The molecule has 0 rings (SSSR count). The molecule has 0 aliphatic carbocycles. The molecule has 0 saturated heterocycles. The number of hydrogen-bond donors (Lipinski definition) is 0. The Bertz CT molecular complexity index is 313. The molecule has 5 heteroatoms. The molecule has 0 bridgehead atoms. The average molecular weight is 302 g/mol. The van der Waals surface area contributed by atoms with Gasteiger partial charge in [-0.3, -0.25) is 4.79 Å². The average Bonchev–Trinajstić information content (AvgIpc) is 2.20. The van der Waals surface area contributed by atoms with Crippen molar-refractivity contribution in [3.8, 4) is 0 Å². The van der Waals surface area contributed by atoms with E-state index in [1.165, 1.54) is 5.70 Å². The highest BCUT2D eigenvalue weighted by Crippen LogP contribution is 2.30. The zero-order chi connectivity index (χ0) is 15.3. The van der Waals surface area contributed by atoms with Crippen molar-refractivity contribution < 1.29 is 9.53 Å². The van der Waals surface area contributed by atoms with Gasteiger partial charge in [-0.05, 0) is 19.8 Å². The van der Waals surface area contributed by atoms with E-state index < -0.39 is 16.5 Å². The molecule has 0 aromatic carbocycles. The maximum absolute atomic E-state index is 10.7. The van der Waals surface area contributed by atoms with Crippen molar-refractivity contribution in [2.75, 3.05) is 0 Å². The van der Waals surface area contributed by atoms with Gasteiger partial charge in [-0.25, -0.2) is 0 Å². The zero-order valence-corrected chi connectivity index (χ0v) is 16.0. The van der Waals surface area contributed by atoms with Gasteiger partial charge in [0.15, 0.2) is 0 Å². The molecular formula is C14H31NO2Si2. The van der Waals surface area contributed by atoms with Crippen LogP contribution in [-0.2, 0) is 9.53 Å². The number of rotatable bonds is 8. The van der Waals surface area contributed by atoms with E-state index >= 15 is 0 Å². The predicted octanol–water partition coefficient (Wildman–Crippen LogP) is 4.55. The smallest absolute Gasteiger partial charge is 0.298 e. The molecule has 0 aromatic rings. The van der Waals surface area contributed by atoms with Crippen LogP contribution < -0.4 is 0 Å². The van der Waals surface area contributed by atoms with E-state index in [9.17, 15) is 4.79 Å². The van der Waals surface area contributed by atoms with Gasteiger partial charge >= 0.3 is 0 Å². The van der Waals surface area contributed by atoms with Gasteiger partial charge in [0, 0.05) is 5.70 Å². The Balaban J connectivity index is 5.63. The Morgan fingerprint density at radius 2 is 1.58 bits per heavy atom. The van der Waals surface area contributed by atoms with Crippen LogP contribution in [0.3, 0.4) is 0 Å². The maximum atomic E-state index is 10.7. The van der Waals surface area contributed by atoms with Gasteiger partial charge in [-0.1, -0.05) is 52.6 Å². The minimum atomic E-state index is -1.49. The second-order valence-electron chi connectivity index (χ2n) is 7.00. The van der Waals surface area contributed by atoms with Crippen molar-refractivity contribution in [1.29, 1.82) is 0 Å². The van der Waals surface area contributed by atoms with Gasteiger partial charge in [0.05, 0.1) is 0 Å². The molecule has 19 heavy (non-hydrogen) atoms. The second-order valence-corrected chi connectivity index (χ2v) is 17.0. The van der Waals surface area contributed by atoms with Gasteiger partial charge in [-0.15, -0.1) is 0 Å². The SMILES string of the molecule is CCCC/C(=C(\C)OC=O)N([Si](C)(C)C)[Si](C)(C)C. The molecular weight excluding hydrogens is 270 g/mol. The summed E-state index contributed by atoms with van der Waals surface area (Å²) in [5.74, 6) is 0.785. The fourth-order valence-corrected chi connectivity index (χ4v) is 13.0. The highest BCUT2D eigenvalue weighted by atomic mass is 28.4. The summed E-state index contributed by atoms with van der Waals surface area (Å²) >= 11 is 0. The van der Waals surface area contributed by atoms with Crippen LogP contribution in [0.25, 0.3) is 0 Å². The number of unbranched alkanes of at least 4 members (excludes halogenated alkanes) is 1. The first-order valence-corrected chi connectivity index (χ1v) is 14.1. The van der Waals surface area contributed by atoms with Gasteiger partial charge in [0.25, 0.3) is 6.47 Å². The first-order valence-electron chi connectivity index (χ1n) is 7.16. The lowest BCUT2D eigenvalue weighted by molar-refractivity contribution is -0.125. The maximum Gasteiger partial charge on any atom is 0.298 e. The topological polar surface area (TPSA) is 29.5 Å². The Morgan fingerprint density at radius 3 is 1.89 bits per heavy atom. The predicted molar refractivity (Wildman–Crippen MR) is 87.9 cm³/mol. The highest BCUT2D eigenvalue weighted by molar-refractivity contribution is 6.90. The molecule has 0 unspecified atom stereocenters. The summed E-state index contributed by atoms with van der Waals surface area (Å²) in [6, 6.07) is 0. The number of carbonyl (C=O) groups is 1. The molecule has 0 aliphatic rings. The Labute approximate surface area is 121 Å². The summed E-state index contributed by atoms with van der Waals surface area (Å²) in [7, 11) is -2.97. The molecule has 0 fully saturated rings. The molecule has 0 aromatic heterocycles. The van der Waals surface area contributed by atoms with Crippen molar-refractivity contribution in [3.05, 3.63) is 11.5 Å². The van der Waals surface area contributed by atoms with Gasteiger partial charge in [0.2, 0.25) is 0 Å². The van der Waals surface area contributed by atoms with Crippen LogP contribution in [0, 0.1) is 0 Å². The van der Waals surface area contributed by atoms with Crippen molar-refractivity contribution in [3.63, 3.8) is 0 Å². The van der Waals surface area contributed by atoms with E-state index in [1.807, 2.05) is 6.92 Å². The molecule has 0 radical (unpaired) electrons. The van der Waals surface area contributed by atoms with E-state index in [-0.39, 0.29) is 0 Å². The van der Waals surface area contributed by atoms with Crippen LogP contribution in [0.5, 0.6) is 0 Å².